The first-order chi connectivity index (χ1) is 15.5. The van der Waals surface area contributed by atoms with Gasteiger partial charge in [0.2, 0.25) is 0 Å². The molecule has 32 heavy (non-hydrogen) atoms. The fraction of sp³-hybridized carbons (Fsp3) is 0.286. The number of nitrogens with one attached hydrogen (secondary N) is 1. The molecule has 0 aliphatic heterocycles. The molecule has 166 valence electrons. The van der Waals surface area contributed by atoms with Gasteiger partial charge in [0.05, 0.1) is 5.71 Å². The van der Waals surface area contributed by atoms with E-state index in [1.165, 1.54) is 0 Å². The Balaban J connectivity index is 2.00. The van der Waals surface area contributed by atoms with E-state index in [0.29, 0.717) is 11.1 Å². The Kier molecular flexibility index (Phi) is 7.96. The van der Waals surface area contributed by atoms with Crippen LogP contribution in [0.25, 0.3) is 0 Å². The molecule has 0 aliphatic rings. The van der Waals surface area contributed by atoms with E-state index in [0.717, 1.165) is 48.1 Å². The van der Waals surface area contributed by atoms with E-state index in [1.54, 1.807) is 0 Å². The van der Waals surface area contributed by atoms with Gasteiger partial charge in [-0.2, -0.15) is 5.10 Å². The first-order valence-corrected chi connectivity index (χ1v) is 11.4. The minimum absolute atomic E-state index is 0.517. The predicted molar refractivity (Wildman–Crippen MR) is 131 cm³/mol. The summed E-state index contributed by atoms with van der Waals surface area (Å²) in [5, 5.41) is 16.2. The largest absolute Gasteiger partial charge is 0.372 e. The van der Waals surface area contributed by atoms with E-state index < -0.39 is 11.5 Å². The summed E-state index contributed by atoms with van der Waals surface area (Å²) < 4.78 is 0. The van der Waals surface area contributed by atoms with Crippen molar-refractivity contribution in [2.75, 3.05) is 0 Å². The number of amides is 1. The number of carbonyl (C=O) groups is 1. The van der Waals surface area contributed by atoms with E-state index >= 15 is 0 Å². The number of aryl methyl sites for hydroxylation is 2. The number of rotatable bonds is 9. The van der Waals surface area contributed by atoms with E-state index in [1.807, 2.05) is 78.9 Å². The molecule has 0 radical (unpaired) electrons. The predicted octanol–water partition coefficient (Wildman–Crippen LogP) is 5.37. The number of nitrogens with zero attached hydrogens (tertiary/aromatic N) is 1. The van der Waals surface area contributed by atoms with Crippen molar-refractivity contribution < 1.29 is 9.90 Å². The summed E-state index contributed by atoms with van der Waals surface area (Å²) >= 11 is 0. The summed E-state index contributed by atoms with van der Waals surface area (Å²) in [5.41, 5.74) is 5.87. The topological polar surface area (TPSA) is 61.7 Å². The molecule has 0 spiro atoms. The Morgan fingerprint density at radius 1 is 0.812 bits per heavy atom. The van der Waals surface area contributed by atoms with Crippen LogP contribution in [0.2, 0.25) is 0 Å². The molecule has 0 aliphatic carbocycles. The quantitative estimate of drug-likeness (QED) is 0.356. The van der Waals surface area contributed by atoms with Gasteiger partial charge in [0, 0.05) is 0 Å². The minimum Gasteiger partial charge on any atom is -0.372 e. The maximum absolute atomic E-state index is 13.4. The summed E-state index contributed by atoms with van der Waals surface area (Å²) in [5.74, 6) is -0.574. The van der Waals surface area contributed by atoms with Crippen LogP contribution in [-0.4, -0.2) is 16.7 Å². The van der Waals surface area contributed by atoms with Gasteiger partial charge < -0.3 is 5.11 Å². The van der Waals surface area contributed by atoms with Crippen molar-refractivity contribution in [3.63, 3.8) is 0 Å². The lowest BCUT2D eigenvalue weighted by atomic mass is 9.84. The summed E-state index contributed by atoms with van der Waals surface area (Å²) in [7, 11) is 0. The number of hydrogen-bond donors (Lipinski definition) is 2. The molecule has 0 heterocycles. The van der Waals surface area contributed by atoms with Crippen molar-refractivity contribution in [1.82, 2.24) is 5.43 Å². The highest BCUT2D eigenvalue weighted by Crippen LogP contribution is 2.31. The zero-order chi connectivity index (χ0) is 23.0. The van der Waals surface area contributed by atoms with Gasteiger partial charge in [-0.3, -0.25) is 4.79 Å². The zero-order valence-corrected chi connectivity index (χ0v) is 19.1. The molecule has 3 aromatic carbocycles. The van der Waals surface area contributed by atoms with Crippen molar-refractivity contribution in [3.05, 3.63) is 107 Å². The Labute approximate surface area is 191 Å². The van der Waals surface area contributed by atoms with E-state index in [-0.39, 0.29) is 0 Å². The Morgan fingerprint density at radius 2 is 1.31 bits per heavy atom. The monoisotopic (exact) mass is 428 g/mol. The standard InChI is InChI=1S/C28H32N2O2/c1-4-10-26(23-11-8-7-9-12-23)29-30-27(31)28(32,24-17-13-21(5-2)14-18-24)25-19-15-22(6-3)16-20-25/h7-9,11-20,32H,4-6,10H2,1-3H3,(H,30,31). The highest BCUT2D eigenvalue weighted by atomic mass is 16.3. The first kappa shape index (κ1) is 23.4. The van der Waals surface area contributed by atoms with Gasteiger partial charge >= 0.3 is 0 Å². The number of benzene rings is 3. The van der Waals surface area contributed by atoms with Crippen LogP contribution in [0.3, 0.4) is 0 Å². The van der Waals surface area contributed by atoms with E-state index in [4.69, 9.17) is 0 Å². The van der Waals surface area contributed by atoms with Gasteiger partial charge in [0.1, 0.15) is 0 Å². The second kappa shape index (κ2) is 10.9. The van der Waals surface area contributed by atoms with Crippen LogP contribution in [0.5, 0.6) is 0 Å². The van der Waals surface area contributed by atoms with Crippen molar-refractivity contribution in [1.29, 1.82) is 0 Å². The molecule has 3 aromatic rings. The molecule has 0 aromatic heterocycles. The van der Waals surface area contributed by atoms with Crippen LogP contribution in [0.15, 0.2) is 84.0 Å². The second-order valence-electron chi connectivity index (χ2n) is 7.93. The van der Waals surface area contributed by atoms with Crippen LogP contribution in [0.1, 0.15) is 61.4 Å². The SMILES string of the molecule is CCCC(=NNC(=O)C(O)(c1ccc(CC)cc1)c1ccc(CC)cc1)c1ccccc1. The van der Waals surface area contributed by atoms with Gasteiger partial charge in [-0.05, 0) is 47.1 Å². The Bertz CT molecular complexity index is 992. The molecule has 2 N–H and O–H groups in total. The van der Waals surface area contributed by atoms with Crippen LogP contribution in [-0.2, 0) is 23.2 Å². The van der Waals surface area contributed by atoms with Crippen molar-refractivity contribution >= 4 is 11.6 Å². The lowest BCUT2D eigenvalue weighted by Gasteiger charge is -2.27. The first-order valence-electron chi connectivity index (χ1n) is 11.4. The number of aliphatic hydroxyl groups is 1. The van der Waals surface area contributed by atoms with Gasteiger partial charge in [-0.25, -0.2) is 5.43 Å². The summed E-state index contributed by atoms with van der Waals surface area (Å²) in [6, 6.07) is 24.9. The molecule has 0 fully saturated rings. The zero-order valence-electron chi connectivity index (χ0n) is 19.1. The highest BCUT2D eigenvalue weighted by Gasteiger charge is 2.40. The molecule has 4 nitrogen and oxygen atoms in total. The minimum atomic E-state index is -1.85. The third-order valence-electron chi connectivity index (χ3n) is 5.77. The number of carbonyl (C=O) groups excluding carboxylic acids is 1. The van der Waals surface area contributed by atoms with Gasteiger partial charge in [0.25, 0.3) is 5.91 Å². The summed E-state index contributed by atoms with van der Waals surface area (Å²) in [6.45, 7) is 6.22. The lowest BCUT2D eigenvalue weighted by Crippen LogP contribution is -2.44. The van der Waals surface area contributed by atoms with Gasteiger partial charge in [0.15, 0.2) is 5.60 Å². The van der Waals surface area contributed by atoms with Gasteiger partial charge in [-0.15, -0.1) is 0 Å². The van der Waals surface area contributed by atoms with E-state index in [9.17, 15) is 9.90 Å². The number of hydrazone groups is 1. The fourth-order valence-corrected chi connectivity index (χ4v) is 3.72. The summed E-state index contributed by atoms with van der Waals surface area (Å²) in [6.07, 6.45) is 3.39. The molecule has 0 saturated carbocycles. The fourth-order valence-electron chi connectivity index (χ4n) is 3.72. The molecule has 1 amide bonds. The number of hydrogen-bond acceptors (Lipinski definition) is 3. The smallest absolute Gasteiger partial charge is 0.281 e. The third kappa shape index (κ3) is 5.14. The van der Waals surface area contributed by atoms with Crippen LogP contribution < -0.4 is 5.43 Å². The normalized spacial score (nSPS) is 11.9. The van der Waals surface area contributed by atoms with Crippen LogP contribution in [0, 0.1) is 0 Å². The average molecular weight is 429 g/mol. The molecule has 3 rings (SSSR count). The second-order valence-corrected chi connectivity index (χ2v) is 7.93. The average Bonchev–Trinajstić information content (AvgIpc) is 2.86. The van der Waals surface area contributed by atoms with Gasteiger partial charge in [-0.1, -0.05) is 106 Å². The molecule has 0 bridgehead atoms. The van der Waals surface area contributed by atoms with E-state index in [2.05, 4.69) is 31.3 Å². The summed E-state index contributed by atoms with van der Waals surface area (Å²) in [4.78, 5) is 13.4. The molecule has 0 atom stereocenters. The highest BCUT2D eigenvalue weighted by molar-refractivity contribution is 6.01. The molecular weight excluding hydrogens is 396 g/mol. The maximum atomic E-state index is 13.4. The molecule has 0 saturated heterocycles. The maximum Gasteiger partial charge on any atom is 0.281 e. The molecule has 0 unspecified atom stereocenters. The molecule has 4 heteroatoms. The van der Waals surface area contributed by atoms with Crippen molar-refractivity contribution in [2.45, 2.75) is 52.1 Å². The van der Waals surface area contributed by atoms with Crippen LogP contribution in [0.4, 0.5) is 0 Å². The Morgan fingerprint density at radius 3 is 1.75 bits per heavy atom. The third-order valence-corrected chi connectivity index (χ3v) is 5.77. The van der Waals surface area contributed by atoms with Crippen molar-refractivity contribution in [3.8, 4) is 0 Å². The lowest BCUT2D eigenvalue weighted by molar-refractivity contribution is -0.136. The van der Waals surface area contributed by atoms with Crippen LogP contribution >= 0.6 is 0 Å². The van der Waals surface area contributed by atoms with Crippen molar-refractivity contribution in [2.24, 2.45) is 5.10 Å². The Hall–Kier alpha value is -3.24. The molecular formula is C28H32N2O2.